The zero-order valence-electron chi connectivity index (χ0n) is 25.9. The first-order valence-corrected chi connectivity index (χ1v) is 15.6. The van der Waals surface area contributed by atoms with Gasteiger partial charge in [0.15, 0.2) is 12.7 Å². The second-order valence-corrected chi connectivity index (χ2v) is 13.1. The van der Waals surface area contributed by atoms with Gasteiger partial charge in [-0.1, -0.05) is 18.2 Å². The Morgan fingerprint density at radius 1 is 0.878 bits per heavy atom. The highest BCUT2D eigenvalue weighted by atomic mass is 19.4. The minimum Gasteiger partial charge on any atom is -0.382 e. The third kappa shape index (κ3) is 6.79. The molecule has 4 aromatic rings. The summed E-state index contributed by atoms with van der Waals surface area (Å²) in [5.74, 6) is -0.879. The van der Waals surface area contributed by atoms with Crippen molar-refractivity contribution in [1.29, 1.82) is 0 Å². The first-order valence-electron chi connectivity index (χ1n) is 15.6. The summed E-state index contributed by atoms with van der Waals surface area (Å²) in [5, 5.41) is 12.5. The van der Waals surface area contributed by atoms with Gasteiger partial charge < -0.3 is 9.59 Å². The number of rotatable bonds is 7. The second kappa shape index (κ2) is 12.4. The fraction of sp³-hybridized carbons (Fsp3) is 0.361. The highest BCUT2D eigenvalue weighted by molar-refractivity contribution is 5.79. The lowest BCUT2D eigenvalue weighted by molar-refractivity contribution is -0.985. The molecule has 0 amide bonds. The summed E-state index contributed by atoms with van der Waals surface area (Å²) in [6.45, 7) is 4.36. The molecule has 5 atom stereocenters. The average molecular weight is 699 g/mol. The number of piperidine rings is 3. The molecule has 3 saturated heterocycles. The molecule has 260 valence electrons. The summed E-state index contributed by atoms with van der Waals surface area (Å²) < 4.78 is 139. The van der Waals surface area contributed by atoms with E-state index in [1.54, 1.807) is 30.3 Å². The van der Waals surface area contributed by atoms with Crippen LogP contribution in [0.5, 0.6) is 0 Å². The van der Waals surface area contributed by atoms with Crippen LogP contribution in [0.3, 0.4) is 0 Å². The van der Waals surface area contributed by atoms with Crippen LogP contribution in [0.1, 0.15) is 52.3 Å². The first kappa shape index (κ1) is 34.9. The molecule has 1 aromatic heterocycles. The van der Waals surface area contributed by atoms with Crippen molar-refractivity contribution in [3.8, 4) is 0 Å². The number of hydrogen-bond donors (Lipinski definition) is 1. The number of halogens is 10. The van der Waals surface area contributed by atoms with E-state index in [-0.39, 0.29) is 28.4 Å². The van der Waals surface area contributed by atoms with Crippen LogP contribution in [-0.2, 0) is 31.6 Å². The largest absolute Gasteiger partial charge is 0.416 e. The predicted molar refractivity (Wildman–Crippen MR) is 160 cm³/mol. The molecule has 1 N–H and O–H groups in total. The van der Waals surface area contributed by atoms with Gasteiger partial charge in [-0.25, -0.2) is 4.39 Å². The number of pyridine rings is 1. The van der Waals surface area contributed by atoms with Crippen molar-refractivity contribution in [1.82, 2.24) is 0 Å². The van der Waals surface area contributed by atoms with E-state index in [4.69, 9.17) is 0 Å². The Kier molecular flexibility index (Phi) is 8.84. The van der Waals surface area contributed by atoms with Crippen LogP contribution in [0.15, 0.2) is 85.6 Å². The van der Waals surface area contributed by atoms with Gasteiger partial charge in [0.05, 0.1) is 35.2 Å². The number of nitrogens with zero attached hydrogens (tertiary/aromatic N) is 2. The molecule has 0 spiro atoms. The van der Waals surface area contributed by atoms with Crippen molar-refractivity contribution in [3.63, 3.8) is 0 Å². The SMILES string of the molecule is C=CC1C[N+]2(Cc3cc(F)cc(C(F)(F)F)c3)CCC1CC2[C@H](O)c1cc[n+](Cc2cc(C(F)(F)F)ccc2C(F)(F)F)c2ccccc12. The van der Waals surface area contributed by atoms with E-state index < -0.39 is 65.3 Å². The maximum absolute atomic E-state index is 14.5. The molecule has 13 heteroatoms. The minimum atomic E-state index is -4.91. The van der Waals surface area contributed by atoms with E-state index in [2.05, 4.69) is 6.58 Å². The zero-order valence-corrected chi connectivity index (χ0v) is 25.9. The molecule has 0 saturated carbocycles. The van der Waals surface area contributed by atoms with Crippen molar-refractivity contribution in [2.75, 3.05) is 13.1 Å². The molecule has 49 heavy (non-hydrogen) atoms. The van der Waals surface area contributed by atoms with Gasteiger partial charge in [-0.15, -0.1) is 6.58 Å². The van der Waals surface area contributed by atoms with Crippen LogP contribution in [0.25, 0.3) is 10.9 Å². The summed E-state index contributed by atoms with van der Waals surface area (Å²) in [7, 11) is 0. The Morgan fingerprint density at radius 3 is 2.27 bits per heavy atom. The Bertz CT molecular complexity index is 1880. The lowest BCUT2D eigenvalue weighted by atomic mass is 9.71. The Balaban J connectivity index is 1.40. The van der Waals surface area contributed by atoms with Crippen LogP contribution in [0.2, 0.25) is 0 Å². The number of aromatic nitrogens is 1. The lowest BCUT2D eigenvalue weighted by Gasteiger charge is -2.58. The molecular formula is C36H32F10N2O+2. The van der Waals surface area contributed by atoms with E-state index in [0.717, 1.165) is 18.6 Å². The highest BCUT2D eigenvalue weighted by Gasteiger charge is 2.54. The monoisotopic (exact) mass is 698 g/mol. The first-order chi connectivity index (χ1) is 22.9. The molecule has 3 aromatic carbocycles. The molecule has 3 nitrogen and oxygen atoms in total. The summed E-state index contributed by atoms with van der Waals surface area (Å²) in [6, 6.07) is 11.2. The Morgan fingerprint density at radius 2 is 1.59 bits per heavy atom. The zero-order chi connectivity index (χ0) is 35.5. The summed E-state index contributed by atoms with van der Waals surface area (Å²) in [5.41, 5.74) is -3.23. The molecule has 3 fully saturated rings. The van der Waals surface area contributed by atoms with Gasteiger partial charge >= 0.3 is 18.5 Å². The number of hydrogen-bond acceptors (Lipinski definition) is 1. The minimum absolute atomic E-state index is 0.0119. The normalized spacial score (nSPS) is 23.5. The molecule has 0 radical (unpaired) electrons. The van der Waals surface area contributed by atoms with Gasteiger partial charge in [0.25, 0.3) is 0 Å². The van der Waals surface area contributed by atoms with Crippen LogP contribution < -0.4 is 4.57 Å². The van der Waals surface area contributed by atoms with Crippen LogP contribution in [0.4, 0.5) is 43.9 Å². The predicted octanol–water partition coefficient (Wildman–Crippen LogP) is 9.02. The lowest BCUT2D eigenvalue weighted by Crippen LogP contribution is -2.67. The van der Waals surface area contributed by atoms with Crippen molar-refractivity contribution < 1.29 is 58.1 Å². The summed E-state index contributed by atoms with van der Waals surface area (Å²) in [6.07, 6.45) is -11.3. The molecule has 4 heterocycles. The molecule has 0 aliphatic carbocycles. The molecule has 7 rings (SSSR count). The van der Waals surface area contributed by atoms with Crippen molar-refractivity contribution in [3.05, 3.63) is 125 Å². The summed E-state index contributed by atoms with van der Waals surface area (Å²) in [4.78, 5) is 0. The third-order valence-corrected chi connectivity index (χ3v) is 10.2. The number of alkyl halides is 9. The van der Waals surface area contributed by atoms with E-state index in [1.807, 2.05) is 0 Å². The van der Waals surface area contributed by atoms with Crippen LogP contribution >= 0.6 is 0 Å². The maximum Gasteiger partial charge on any atom is 0.416 e. The number of para-hydroxylation sites is 1. The highest BCUT2D eigenvalue weighted by Crippen LogP contribution is 2.48. The maximum atomic E-state index is 14.5. The summed E-state index contributed by atoms with van der Waals surface area (Å²) >= 11 is 0. The van der Waals surface area contributed by atoms with Gasteiger partial charge in [0.1, 0.15) is 24.5 Å². The third-order valence-electron chi connectivity index (χ3n) is 10.2. The fourth-order valence-corrected chi connectivity index (χ4v) is 7.92. The number of fused-ring (bicyclic) bond motifs is 4. The van der Waals surface area contributed by atoms with Gasteiger partial charge in [-0.3, -0.25) is 0 Å². The Hall–Kier alpha value is -3.97. The van der Waals surface area contributed by atoms with Crippen LogP contribution in [0, 0.1) is 17.7 Å². The molecule has 3 aliphatic heterocycles. The van der Waals surface area contributed by atoms with Crippen molar-refractivity contribution in [2.45, 2.75) is 56.6 Å². The molecule has 2 bridgehead atoms. The van der Waals surface area contributed by atoms with E-state index in [0.29, 0.717) is 60.2 Å². The Labute approximate surface area is 275 Å². The topological polar surface area (TPSA) is 24.1 Å². The van der Waals surface area contributed by atoms with Gasteiger partial charge in [0.2, 0.25) is 5.52 Å². The van der Waals surface area contributed by atoms with Crippen molar-refractivity contribution in [2.24, 2.45) is 11.8 Å². The number of benzene rings is 3. The van der Waals surface area contributed by atoms with E-state index >= 15 is 0 Å². The van der Waals surface area contributed by atoms with E-state index in [9.17, 15) is 49.0 Å². The smallest absolute Gasteiger partial charge is 0.382 e. The van der Waals surface area contributed by atoms with E-state index in [1.165, 1.54) is 16.8 Å². The fourth-order valence-electron chi connectivity index (χ4n) is 7.92. The second-order valence-electron chi connectivity index (χ2n) is 13.1. The van der Waals surface area contributed by atoms with Crippen molar-refractivity contribution >= 4 is 10.9 Å². The number of quaternary nitrogens is 1. The average Bonchev–Trinajstić information content (AvgIpc) is 3.03. The quantitative estimate of drug-likeness (QED) is 0.0887. The van der Waals surface area contributed by atoms with Gasteiger partial charge in [0, 0.05) is 47.6 Å². The number of aliphatic hydroxyl groups excluding tert-OH is 1. The standard InChI is InChI=1S/C36H32F10N2O/c1-2-22-20-48(19-21-13-26(35(41,42)43)17-27(37)14-21)12-10-23(22)16-32(48)33(49)29-9-11-47(31-6-4-3-5-28(29)31)18-24-15-25(34(38,39)40)7-8-30(24)36(44,45)46/h2-9,11,13-15,17,22-23,32-33,49H,1,10,12,16,18-20H2/q+2/t22?,23?,32?,33-,48?/m1/s1. The molecule has 4 unspecified atom stereocenters. The van der Waals surface area contributed by atoms with Crippen LogP contribution in [-0.4, -0.2) is 28.7 Å². The number of aliphatic hydroxyl groups is 1. The molecular weight excluding hydrogens is 666 g/mol. The van der Waals surface area contributed by atoms with Gasteiger partial charge in [-0.2, -0.15) is 44.1 Å². The van der Waals surface area contributed by atoms with Gasteiger partial charge in [-0.05, 0) is 48.4 Å². The molecule has 3 aliphatic rings.